The molecule has 0 aliphatic heterocycles. The number of aromatic nitrogens is 1. The number of rotatable bonds is 9. The van der Waals surface area contributed by atoms with Crippen molar-refractivity contribution in [3.8, 4) is 17.6 Å². The molecule has 1 heterocycles. The van der Waals surface area contributed by atoms with Gasteiger partial charge in [0.05, 0.1) is 43.5 Å². The van der Waals surface area contributed by atoms with Gasteiger partial charge in [-0.25, -0.2) is 5.01 Å². The number of hydrogen-bond donors (Lipinski definition) is 0. The molecule has 6 aromatic rings. The minimum absolute atomic E-state index is 0.540. The number of hydrogen-bond acceptors (Lipinski definition) is 5. The molecular formula is C38H32N4O2. The fraction of sp³-hybridized carbons (Fsp3) is 0.105. The average Bonchev–Trinajstić information content (AvgIpc) is 3.41. The van der Waals surface area contributed by atoms with E-state index in [9.17, 15) is 5.26 Å². The number of allylic oxidation sites excluding steroid dienone is 1. The van der Waals surface area contributed by atoms with E-state index in [4.69, 9.17) is 14.6 Å². The lowest BCUT2D eigenvalue weighted by Crippen LogP contribution is -2.09. The molecular weight excluding hydrogens is 544 g/mol. The summed E-state index contributed by atoms with van der Waals surface area (Å²) in [6, 6.07) is 40.8. The molecule has 216 valence electrons. The average molecular weight is 577 g/mol. The molecule has 0 saturated heterocycles. The third-order valence-corrected chi connectivity index (χ3v) is 7.70. The van der Waals surface area contributed by atoms with Crippen LogP contribution in [-0.2, 0) is 6.54 Å². The van der Waals surface area contributed by atoms with Gasteiger partial charge in [0.1, 0.15) is 0 Å². The van der Waals surface area contributed by atoms with Gasteiger partial charge in [-0.05, 0) is 84.3 Å². The van der Waals surface area contributed by atoms with E-state index in [2.05, 4.69) is 60.0 Å². The Kier molecular flexibility index (Phi) is 8.11. The molecule has 44 heavy (non-hydrogen) atoms. The first-order chi connectivity index (χ1) is 21.6. The summed E-state index contributed by atoms with van der Waals surface area (Å²) in [5.41, 5.74) is 7.47. The number of benzene rings is 5. The monoisotopic (exact) mass is 576 g/mol. The number of anilines is 2. The molecule has 0 fully saturated rings. The zero-order valence-corrected chi connectivity index (χ0v) is 24.9. The summed E-state index contributed by atoms with van der Waals surface area (Å²) in [5, 5.41) is 19.3. The van der Waals surface area contributed by atoms with Crippen LogP contribution in [0.3, 0.4) is 0 Å². The quantitative estimate of drug-likeness (QED) is 0.0745. The Balaban J connectivity index is 1.33. The smallest absolute Gasteiger partial charge is 0.161 e. The molecule has 1 aromatic heterocycles. The van der Waals surface area contributed by atoms with Crippen LogP contribution in [0.5, 0.6) is 11.5 Å². The van der Waals surface area contributed by atoms with E-state index in [1.165, 1.54) is 21.8 Å². The number of nitriles is 1. The lowest BCUT2D eigenvalue weighted by atomic mass is 10.0. The van der Waals surface area contributed by atoms with Crippen molar-refractivity contribution in [3.63, 3.8) is 0 Å². The molecule has 0 N–H and O–H groups in total. The molecule has 6 heteroatoms. The van der Waals surface area contributed by atoms with Gasteiger partial charge < -0.3 is 14.0 Å². The fourth-order valence-electron chi connectivity index (χ4n) is 5.54. The maximum atomic E-state index is 9.98. The molecule has 0 bridgehead atoms. The number of ether oxygens (including phenoxy) is 2. The van der Waals surface area contributed by atoms with Gasteiger partial charge >= 0.3 is 0 Å². The highest BCUT2D eigenvalue weighted by Crippen LogP contribution is 2.32. The highest BCUT2D eigenvalue weighted by Gasteiger charge is 2.12. The van der Waals surface area contributed by atoms with E-state index in [0.717, 1.165) is 34.6 Å². The number of para-hydroxylation sites is 2. The molecule has 0 aliphatic carbocycles. The van der Waals surface area contributed by atoms with Gasteiger partial charge in [-0.2, -0.15) is 10.4 Å². The lowest BCUT2D eigenvalue weighted by Gasteiger charge is -2.19. The molecule has 0 unspecified atom stereocenters. The standard InChI is InChI=1S/C38H32N4O2/c1-4-41-35-13-9-8-12-33(35)34-23-28(14-20-36(34)41)26-40-42(31-10-6-5-7-11-31)32-18-16-29(17-19-32)30(25-39)22-27-15-21-37(43-2)38(24-27)44-3/h5-24,26H,4H2,1-3H3/b30-22+,40-26-. The highest BCUT2D eigenvalue weighted by molar-refractivity contribution is 6.09. The fourth-order valence-corrected chi connectivity index (χ4v) is 5.54. The van der Waals surface area contributed by atoms with Crippen LogP contribution in [0, 0.1) is 11.3 Å². The van der Waals surface area contributed by atoms with Gasteiger partial charge in [0, 0.05) is 28.4 Å². The summed E-state index contributed by atoms with van der Waals surface area (Å²) < 4.78 is 13.1. The van der Waals surface area contributed by atoms with E-state index in [1.807, 2.05) is 90.1 Å². The zero-order valence-electron chi connectivity index (χ0n) is 24.9. The Morgan fingerprint density at radius 3 is 2.16 bits per heavy atom. The van der Waals surface area contributed by atoms with Crippen molar-refractivity contribution in [1.29, 1.82) is 5.26 Å². The van der Waals surface area contributed by atoms with E-state index in [-0.39, 0.29) is 0 Å². The van der Waals surface area contributed by atoms with Gasteiger partial charge in [0.2, 0.25) is 0 Å². The van der Waals surface area contributed by atoms with Gasteiger partial charge in [-0.3, -0.25) is 0 Å². The predicted octanol–water partition coefficient (Wildman–Crippen LogP) is 9.07. The molecule has 0 atom stereocenters. The van der Waals surface area contributed by atoms with Crippen molar-refractivity contribution in [2.24, 2.45) is 5.10 Å². The maximum absolute atomic E-state index is 9.98. The third kappa shape index (κ3) is 5.51. The second-order valence-corrected chi connectivity index (χ2v) is 10.3. The summed E-state index contributed by atoms with van der Waals surface area (Å²) in [4.78, 5) is 0. The van der Waals surface area contributed by atoms with E-state index < -0.39 is 0 Å². The lowest BCUT2D eigenvalue weighted by molar-refractivity contribution is 0.355. The minimum atomic E-state index is 0.540. The first-order valence-corrected chi connectivity index (χ1v) is 14.5. The Morgan fingerprint density at radius 2 is 1.43 bits per heavy atom. The number of methoxy groups -OCH3 is 2. The predicted molar refractivity (Wildman–Crippen MR) is 181 cm³/mol. The maximum Gasteiger partial charge on any atom is 0.161 e. The van der Waals surface area contributed by atoms with Crippen molar-refractivity contribution in [1.82, 2.24) is 4.57 Å². The molecule has 0 saturated carbocycles. The molecule has 0 aliphatic rings. The summed E-state index contributed by atoms with van der Waals surface area (Å²) in [6.07, 6.45) is 3.74. The van der Waals surface area contributed by atoms with Gasteiger partial charge in [0.25, 0.3) is 0 Å². The molecule has 0 radical (unpaired) electrons. The summed E-state index contributed by atoms with van der Waals surface area (Å²) in [6.45, 7) is 3.09. The van der Waals surface area contributed by atoms with Crippen molar-refractivity contribution in [2.75, 3.05) is 19.2 Å². The Bertz CT molecular complexity index is 2030. The molecule has 6 rings (SSSR count). The van der Waals surface area contributed by atoms with Crippen LogP contribution in [0.1, 0.15) is 23.6 Å². The zero-order chi connectivity index (χ0) is 30.5. The summed E-state index contributed by atoms with van der Waals surface area (Å²) in [5.74, 6) is 1.25. The third-order valence-electron chi connectivity index (χ3n) is 7.70. The van der Waals surface area contributed by atoms with Crippen LogP contribution in [-0.4, -0.2) is 25.0 Å². The van der Waals surface area contributed by atoms with E-state index in [1.54, 1.807) is 14.2 Å². The normalized spacial score (nSPS) is 11.6. The largest absolute Gasteiger partial charge is 0.493 e. The van der Waals surface area contributed by atoms with E-state index in [0.29, 0.717) is 17.1 Å². The van der Waals surface area contributed by atoms with Crippen molar-refractivity contribution >= 4 is 51.0 Å². The number of nitrogens with zero attached hydrogens (tertiary/aromatic N) is 4. The summed E-state index contributed by atoms with van der Waals surface area (Å²) >= 11 is 0. The number of fused-ring (bicyclic) bond motifs is 3. The second-order valence-electron chi connectivity index (χ2n) is 10.3. The molecule has 6 nitrogen and oxygen atoms in total. The Morgan fingerprint density at radius 1 is 0.750 bits per heavy atom. The Hall–Kier alpha value is -5.80. The Labute approximate surface area is 257 Å². The second kappa shape index (κ2) is 12.6. The van der Waals surface area contributed by atoms with Crippen molar-refractivity contribution < 1.29 is 9.47 Å². The van der Waals surface area contributed by atoms with Crippen LogP contribution in [0.2, 0.25) is 0 Å². The molecule has 0 spiro atoms. The number of aryl methyl sites for hydroxylation is 1. The van der Waals surface area contributed by atoms with Gasteiger partial charge in [-0.1, -0.05) is 60.7 Å². The number of hydrazone groups is 1. The van der Waals surface area contributed by atoms with Crippen molar-refractivity contribution in [2.45, 2.75) is 13.5 Å². The molecule has 0 amide bonds. The van der Waals surface area contributed by atoms with Crippen LogP contribution in [0.25, 0.3) is 33.5 Å². The first-order valence-electron chi connectivity index (χ1n) is 14.5. The van der Waals surface area contributed by atoms with Crippen LogP contribution in [0.4, 0.5) is 11.4 Å². The minimum Gasteiger partial charge on any atom is -0.493 e. The highest BCUT2D eigenvalue weighted by atomic mass is 16.5. The van der Waals surface area contributed by atoms with E-state index >= 15 is 0 Å². The van der Waals surface area contributed by atoms with Crippen LogP contribution < -0.4 is 14.5 Å². The summed E-state index contributed by atoms with van der Waals surface area (Å²) in [7, 11) is 3.20. The van der Waals surface area contributed by atoms with Crippen LogP contribution in [0.15, 0.2) is 120 Å². The topological polar surface area (TPSA) is 62.8 Å². The SMILES string of the molecule is CCn1c2ccccc2c2cc(/C=N\N(c3ccccc3)c3ccc(/C(C#N)=C/c4ccc(OC)c(OC)c4)cc3)ccc21. The molecule has 5 aromatic carbocycles. The first kappa shape index (κ1) is 28.3. The van der Waals surface area contributed by atoms with Crippen molar-refractivity contribution in [3.05, 3.63) is 132 Å². The van der Waals surface area contributed by atoms with Gasteiger partial charge in [0.15, 0.2) is 11.5 Å². The van der Waals surface area contributed by atoms with Crippen LogP contribution >= 0.6 is 0 Å². The van der Waals surface area contributed by atoms with Gasteiger partial charge in [-0.15, -0.1) is 0 Å².